The summed E-state index contributed by atoms with van der Waals surface area (Å²) in [4.78, 5) is 39.0. The molecule has 6 heteroatoms. The first-order valence-electron chi connectivity index (χ1n) is 9.87. The van der Waals surface area contributed by atoms with Crippen LogP contribution >= 0.6 is 11.8 Å². The molecular formula is C24H22N2O3S. The van der Waals surface area contributed by atoms with Crippen molar-refractivity contribution < 1.29 is 14.4 Å². The molecule has 1 atom stereocenters. The Bertz CT molecular complexity index is 1090. The van der Waals surface area contributed by atoms with E-state index in [1.807, 2.05) is 37.3 Å². The quantitative estimate of drug-likeness (QED) is 0.545. The van der Waals surface area contributed by atoms with Crippen molar-refractivity contribution in [1.82, 2.24) is 10.3 Å². The lowest BCUT2D eigenvalue weighted by Crippen LogP contribution is -2.25. The average molecular weight is 419 g/mol. The third kappa shape index (κ3) is 4.54. The summed E-state index contributed by atoms with van der Waals surface area (Å²) in [5.41, 5.74) is 6.01. The molecule has 4 rings (SSSR count). The fraction of sp³-hybridized carbons (Fsp3) is 0.208. The number of hydrogen-bond donors (Lipinski definition) is 2. The van der Waals surface area contributed by atoms with E-state index in [1.54, 1.807) is 12.1 Å². The van der Waals surface area contributed by atoms with Crippen molar-refractivity contribution in [2.24, 2.45) is 0 Å². The van der Waals surface area contributed by atoms with Gasteiger partial charge in [0.05, 0.1) is 5.25 Å². The van der Waals surface area contributed by atoms with Gasteiger partial charge in [-0.1, -0.05) is 66.4 Å². The molecule has 1 fully saturated rings. The number of benzene rings is 2. The summed E-state index contributed by atoms with van der Waals surface area (Å²) in [5, 5.41) is 1.60. The summed E-state index contributed by atoms with van der Waals surface area (Å²) < 4.78 is 0. The van der Waals surface area contributed by atoms with Crippen molar-refractivity contribution in [3.63, 3.8) is 0 Å². The number of thioether (sulfide) groups is 1. The number of carbonyl (C=O) groups excluding carboxylic acids is 3. The van der Waals surface area contributed by atoms with E-state index in [-0.39, 0.29) is 16.9 Å². The smallest absolute Gasteiger partial charge is 0.286 e. The summed E-state index contributed by atoms with van der Waals surface area (Å²) in [7, 11) is 0. The Kier molecular flexibility index (Phi) is 5.86. The zero-order valence-electron chi connectivity index (χ0n) is 16.6. The molecule has 30 heavy (non-hydrogen) atoms. The molecule has 2 amide bonds. The highest BCUT2D eigenvalue weighted by Crippen LogP contribution is 2.24. The van der Waals surface area contributed by atoms with Gasteiger partial charge in [-0.3, -0.25) is 19.7 Å². The lowest BCUT2D eigenvalue weighted by molar-refractivity contribution is -0.118. The highest BCUT2D eigenvalue weighted by molar-refractivity contribution is 8.15. The van der Waals surface area contributed by atoms with Crippen LogP contribution in [-0.4, -0.2) is 27.2 Å². The van der Waals surface area contributed by atoms with Gasteiger partial charge in [-0.15, -0.1) is 0 Å². The van der Waals surface area contributed by atoms with E-state index < -0.39 is 5.25 Å². The molecule has 1 unspecified atom stereocenters. The molecule has 0 aliphatic carbocycles. The van der Waals surface area contributed by atoms with Gasteiger partial charge >= 0.3 is 0 Å². The second-order valence-electron chi connectivity index (χ2n) is 7.41. The summed E-state index contributed by atoms with van der Waals surface area (Å²) in [6, 6.07) is 19.6. The standard InChI is InChI=1S/C24H22N2O3S/c1-15-19(14-20(25-15)17-5-3-2-4-6-17)11-12-21(27)18-9-7-16(8-10-18)13-22-23(28)26-24(29)30-22/h2-10,14,22,25H,11-13H2,1H3,(H,26,28,29). The van der Waals surface area contributed by atoms with Gasteiger partial charge in [-0.05, 0) is 42.5 Å². The van der Waals surface area contributed by atoms with Gasteiger partial charge in [-0.25, -0.2) is 0 Å². The Morgan fingerprint density at radius 3 is 2.43 bits per heavy atom. The van der Waals surface area contributed by atoms with Crippen molar-refractivity contribution >= 4 is 28.7 Å². The number of carbonyl (C=O) groups is 3. The van der Waals surface area contributed by atoms with Crippen molar-refractivity contribution in [2.45, 2.75) is 31.4 Å². The maximum atomic E-state index is 12.6. The van der Waals surface area contributed by atoms with Crippen molar-refractivity contribution in [3.05, 3.63) is 83.0 Å². The number of hydrogen-bond acceptors (Lipinski definition) is 4. The van der Waals surface area contributed by atoms with E-state index in [1.165, 1.54) is 0 Å². The lowest BCUT2D eigenvalue weighted by atomic mass is 10.0. The number of aryl methyl sites for hydroxylation is 2. The fourth-order valence-electron chi connectivity index (χ4n) is 3.59. The highest BCUT2D eigenvalue weighted by atomic mass is 32.2. The number of Topliss-reactive ketones (excluding diaryl/α,β-unsaturated/α-hetero) is 1. The van der Waals surface area contributed by atoms with Gasteiger partial charge in [0.15, 0.2) is 5.78 Å². The minimum absolute atomic E-state index is 0.0894. The largest absolute Gasteiger partial charge is 0.358 e. The van der Waals surface area contributed by atoms with Crippen LogP contribution in [0.1, 0.15) is 33.6 Å². The van der Waals surface area contributed by atoms with Crippen molar-refractivity contribution in [2.75, 3.05) is 0 Å². The van der Waals surface area contributed by atoms with Crippen LogP contribution in [0.4, 0.5) is 4.79 Å². The molecule has 1 saturated heterocycles. The number of imide groups is 1. The Morgan fingerprint density at radius 2 is 1.77 bits per heavy atom. The van der Waals surface area contributed by atoms with E-state index >= 15 is 0 Å². The minimum atomic E-state index is -0.394. The number of nitrogens with one attached hydrogen (secondary N) is 2. The first-order valence-corrected chi connectivity index (χ1v) is 10.7. The van der Waals surface area contributed by atoms with Gasteiger partial charge in [0.25, 0.3) is 5.24 Å². The average Bonchev–Trinajstić information content (AvgIpc) is 3.28. The predicted octanol–water partition coefficient (Wildman–Crippen LogP) is 4.70. The molecule has 1 aliphatic heterocycles. The topological polar surface area (TPSA) is 79.0 Å². The van der Waals surface area contributed by atoms with E-state index in [0.717, 1.165) is 39.8 Å². The van der Waals surface area contributed by atoms with Crippen LogP contribution in [0.25, 0.3) is 11.3 Å². The van der Waals surface area contributed by atoms with Gasteiger partial charge in [0, 0.05) is 23.4 Å². The number of amides is 2. The maximum Gasteiger partial charge on any atom is 0.286 e. The second kappa shape index (κ2) is 8.71. The van der Waals surface area contributed by atoms with Gasteiger partial charge in [0.1, 0.15) is 0 Å². The number of rotatable bonds is 7. The molecule has 3 aromatic rings. The van der Waals surface area contributed by atoms with Crippen molar-refractivity contribution in [1.29, 1.82) is 0 Å². The zero-order valence-corrected chi connectivity index (χ0v) is 17.4. The maximum absolute atomic E-state index is 12.6. The van der Waals surface area contributed by atoms with E-state index in [0.29, 0.717) is 24.8 Å². The molecule has 2 N–H and O–H groups in total. The molecule has 0 saturated carbocycles. The van der Waals surface area contributed by atoms with Gasteiger partial charge in [0.2, 0.25) is 5.91 Å². The van der Waals surface area contributed by atoms with Crippen LogP contribution in [-0.2, 0) is 17.6 Å². The van der Waals surface area contributed by atoms with Crippen LogP contribution in [0.3, 0.4) is 0 Å². The number of aromatic amines is 1. The van der Waals surface area contributed by atoms with Gasteiger partial charge in [-0.2, -0.15) is 0 Å². The van der Waals surface area contributed by atoms with Crippen LogP contribution in [0.2, 0.25) is 0 Å². The molecule has 2 aromatic carbocycles. The summed E-state index contributed by atoms with van der Waals surface area (Å²) in [6.07, 6.45) is 1.58. The third-order valence-corrected chi connectivity index (χ3v) is 6.27. The summed E-state index contributed by atoms with van der Waals surface area (Å²) in [5.74, 6) is -0.159. The molecule has 1 aromatic heterocycles. The van der Waals surface area contributed by atoms with E-state index in [9.17, 15) is 14.4 Å². The molecule has 5 nitrogen and oxygen atoms in total. The second-order valence-corrected chi connectivity index (χ2v) is 8.58. The normalized spacial score (nSPS) is 16.0. The molecule has 0 spiro atoms. The Hall–Kier alpha value is -3.12. The third-order valence-electron chi connectivity index (χ3n) is 5.29. The summed E-state index contributed by atoms with van der Waals surface area (Å²) in [6.45, 7) is 2.03. The minimum Gasteiger partial charge on any atom is -0.358 e. The number of H-pyrrole nitrogens is 1. The van der Waals surface area contributed by atoms with Crippen molar-refractivity contribution in [3.8, 4) is 11.3 Å². The van der Waals surface area contributed by atoms with Crippen LogP contribution in [0, 0.1) is 6.92 Å². The van der Waals surface area contributed by atoms with Gasteiger partial charge < -0.3 is 4.98 Å². The molecular weight excluding hydrogens is 396 g/mol. The Labute approximate surface area is 179 Å². The molecule has 0 bridgehead atoms. The number of ketones is 1. The van der Waals surface area contributed by atoms with Crippen LogP contribution in [0.15, 0.2) is 60.7 Å². The number of aromatic nitrogens is 1. The Balaban J connectivity index is 1.36. The molecule has 2 heterocycles. The zero-order chi connectivity index (χ0) is 21.1. The molecule has 0 radical (unpaired) electrons. The van der Waals surface area contributed by atoms with Crippen LogP contribution < -0.4 is 5.32 Å². The summed E-state index contributed by atoms with van der Waals surface area (Å²) >= 11 is 1.02. The fourth-order valence-corrected chi connectivity index (χ4v) is 4.45. The predicted molar refractivity (Wildman–Crippen MR) is 119 cm³/mol. The lowest BCUT2D eigenvalue weighted by Gasteiger charge is -2.07. The SMILES string of the molecule is Cc1[nH]c(-c2ccccc2)cc1CCC(=O)c1ccc(CC2SC(=O)NC2=O)cc1. The van der Waals surface area contributed by atoms with E-state index in [2.05, 4.69) is 28.5 Å². The molecule has 1 aliphatic rings. The Morgan fingerprint density at radius 1 is 1.03 bits per heavy atom. The monoisotopic (exact) mass is 418 g/mol. The molecule has 152 valence electrons. The first kappa shape index (κ1) is 20.2. The first-order chi connectivity index (χ1) is 14.5. The van der Waals surface area contributed by atoms with E-state index in [4.69, 9.17) is 0 Å². The van der Waals surface area contributed by atoms with Crippen LogP contribution in [0.5, 0.6) is 0 Å². The highest BCUT2D eigenvalue weighted by Gasteiger charge is 2.31.